The summed E-state index contributed by atoms with van der Waals surface area (Å²) < 4.78 is 5.46. The number of hydrogen-bond donors (Lipinski definition) is 1. The van der Waals surface area contributed by atoms with Gasteiger partial charge in [-0.05, 0) is 27.6 Å². The third kappa shape index (κ3) is 4.93. The van der Waals surface area contributed by atoms with Gasteiger partial charge in [0.25, 0.3) is 0 Å². The Morgan fingerprint density at radius 1 is 1.27 bits per heavy atom. The Labute approximate surface area is 93.4 Å². The number of hydrogen-bond acceptors (Lipinski definition) is 4. The first-order valence-corrected chi connectivity index (χ1v) is 5.76. The second kappa shape index (κ2) is 6.43. The number of rotatable bonds is 5. The van der Waals surface area contributed by atoms with Crippen molar-refractivity contribution in [2.75, 3.05) is 54.0 Å². The van der Waals surface area contributed by atoms with Gasteiger partial charge < -0.3 is 20.3 Å². The Morgan fingerprint density at radius 3 is 2.60 bits per heavy atom. The van der Waals surface area contributed by atoms with Crippen molar-refractivity contribution in [1.82, 2.24) is 9.80 Å². The summed E-state index contributed by atoms with van der Waals surface area (Å²) in [5.74, 6) is 0.505. The predicted molar refractivity (Wildman–Crippen MR) is 63.0 cm³/mol. The summed E-state index contributed by atoms with van der Waals surface area (Å²) in [4.78, 5) is 4.55. The van der Waals surface area contributed by atoms with Crippen LogP contribution in [0.5, 0.6) is 0 Å². The van der Waals surface area contributed by atoms with Gasteiger partial charge in [-0.1, -0.05) is 0 Å². The molecule has 1 fully saturated rings. The van der Waals surface area contributed by atoms with Crippen molar-refractivity contribution in [3.63, 3.8) is 0 Å². The topological polar surface area (TPSA) is 41.7 Å². The van der Waals surface area contributed by atoms with Gasteiger partial charge >= 0.3 is 0 Å². The molecule has 1 rings (SSSR count). The molecule has 15 heavy (non-hydrogen) atoms. The second-order valence-electron chi connectivity index (χ2n) is 4.85. The zero-order chi connectivity index (χ0) is 11.3. The first kappa shape index (κ1) is 12.9. The molecule has 1 heterocycles. The fourth-order valence-electron chi connectivity index (χ4n) is 1.86. The van der Waals surface area contributed by atoms with E-state index in [0.29, 0.717) is 12.0 Å². The van der Waals surface area contributed by atoms with Crippen LogP contribution in [0.25, 0.3) is 0 Å². The van der Waals surface area contributed by atoms with Gasteiger partial charge in [-0.25, -0.2) is 0 Å². The quantitative estimate of drug-likeness (QED) is 0.692. The molecule has 2 unspecified atom stereocenters. The maximum Gasteiger partial charge on any atom is 0.0521 e. The smallest absolute Gasteiger partial charge is 0.0521 e. The Morgan fingerprint density at radius 2 is 2.00 bits per heavy atom. The molecule has 0 aromatic rings. The maximum absolute atomic E-state index is 6.07. The first-order valence-electron chi connectivity index (χ1n) is 5.76. The summed E-state index contributed by atoms with van der Waals surface area (Å²) in [6.07, 6.45) is 1.01. The minimum Gasteiger partial charge on any atom is -0.381 e. The van der Waals surface area contributed by atoms with E-state index in [0.717, 1.165) is 39.3 Å². The van der Waals surface area contributed by atoms with E-state index in [9.17, 15) is 0 Å². The second-order valence-corrected chi connectivity index (χ2v) is 4.85. The van der Waals surface area contributed by atoms with E-state index in [-0.39, 0.29) is 0 Å². The predicted octanol–water partition coefficient (Wildman–Crippen LogP) is -0.156. The van der Waals surface area contributed by atoms with E-state index in [1.165, 1.54) is 0 Å². The molecule has 0 aromatic heterocycles. The molecule has 90 valence electrons. The number of nitrogens with zero attached hydrogens (tertiary/aromatic N) is 2. The fraction of sp³-hybridized carbons (Fsp3) is 1.00. The van der Waals surface area contributed by atoms with Crippen LogP contribution in [0.15, 0.2) is 0 Å². The van der Waals surface area contributed by atoms with Crippen molar-refractivity contribution >= 4 is 0 Å². The highest BCUT2D eigenvalue weighted by atomic mass is 16.5. The summed E-state index contributed by atoms with van der Waals surface area (Å²) in [7, 11) is 6.36. The molecule has 0 amide bonds. The van der Waals surface area contributed by atoms with Crippen molar-refractivity contribution in [2.24, 2.45) is 11.7 Å². The molecule has 4 heteroatoms. The van der Waals surface area contributed by atoms with Crippen LogP contribution in [0.1, 0.15) is 6.42 Å². The molecule has 2 N–H and O–H groups in total. The van der Waals surface area contributed by atoms with E-state index in [4.69, 9.17) is 10.5 Å². The van der Waals surface area contributed by atoms with Gasteiger partial charge in [-0.15, -0.1) is 0 Å². The maximum atomic E-state index is 6.07. The third-order valence-corrected chi connectivity index (χ3v) is 3.01. The van der Waals surface area contributed by atoms with Crippen molar-refractivity contribution in [3.05, 3.63) is 0 Å². The normalized spacial score (nSPS) is 27.6. The van der Waals surface area contributed by atoms with E-state index in [2.05, 4.69) is 30.9 Å². The van der Waals surface area contributed by atoms with Gasteiger partial charge in [0.2, 0.25) is 0 Å². The average Bonchev–Trinajstić information content (AvgIpc) is 2.18. The fourth-order valence-corrected chi connectivity index (χ4v) is 1.86. The van der Waals surface area contributed by atoms with Crippen LogP contribution < -0.4 is 5.73 Å². The van der Waals surface area contributed by atoms with Gasteiger partial charge in [0.05, 0.1) is 6.61 Å². The van der Waals surface area contributed by atoms with Crippen LogP contribution in [-0.2, 0) is 4.74 Å². The van der Waals surface area contributed by atoms with Gasteiger partial charge in [0.1, 0.15) is 0 Å². The summed E-state index contributed by atoms with van der Waals surface area (Å²) in [5.41, 5.74) is 6.07. The third-order valence-electron chi connectivity index (χ3n) is 3.01. The molecule has 0 saturated carbocycles. The number of nitrogens with two attached hydrogens (primary N) is 1. The van der Waals surface area contributed by atoms with Crippen molar-refractivity contribution in [2.45, 2.75) is 12.5 Å². The van der Waals surface area contributed by atoms with E-state index in [1.54, 1.807) is 0 Å². The molecule has 0 aliphatic carbocycles. The lowest BCUT2D eigenvalue weighted by Gasteiger charge is -2.32. The lowest BCUT2D eigenvalue weighted by molar-refractivity contribution is 0.0289. The number of ether oxygens (including phenoxy) is 1. The van der Waals surface area contributed by atoms with E-state index >= 15 is 0 Å². The monoisotopic (exact) mass is 215 g/mol. The molecule has 0 bridgehead atoms. The lowest BCUT2D eigenvalue weighted by Crippen LogP contribution is -2.45. The van der Waals surface area contributed by atoms with E-state index in [1.807, 2.05) is 0 Å². The minimum absolute atomic E-state index is 0.320. The van der Waals surface area contributed by atoms with Gasteiger partial charge in [0, 0.05) is 38.2 Å². The highest BCUT2D eigenvalue weighted by Gasteiger charge is 2.23. The molecular weight excluding hydrogens is 190 g/mol. The molecule has 0 spiro atoms. The molecule has 1 aliphatic heterocycles. The van der Waals surface area contributed by atoms with Gasteiger partial charge in [-0.2, -0.15) is 0 Å². The van der Waals surface area contributed by atoms with Crippen LogP contribution in [-0.4, -0.2) is 69.8 Å². The summed E-state index contributed by atoms with van der Waals surface area (Å²) in [6, 6.07) is 0.320. The first-order chi connectivity index (χ1) is 7.09. The minimum atomic E-state index is 0.320. The van der Waals surface area contributed by atoms with E-state index < -0.39 is 0 Å². The Bertz CT molecular complexity index is 175. The highest BCUT2D eigenvalue weighted by molar-refractivity contribution is 4.78. The van der Waals surface area contributed by atoms with Crippen molar-refractivity contribution in [1.29, 1.82) is 0 Å². The average molecular weight is 215 g/mol. The summed E-state index contributed by atoms with van der Waals surface area (Å²) in [5, 5.41) is 0. The van der Waals surface area contributed by atoms with Gasteiger partial charge in [0.15, 0.2) is 0 Å². The van der Waals surface area contributed by atoms with Gasteiger partial charge in [-0.3, -0.25) is 0 Å². The van der Waals surface area contributed by atoms with Crippen molar-refractivity contribution < 1.29 is 4.74 Å². The van der Waals surface area contributed by atoms with Crippen molar-refractivity contribution in [3.8, 4) is 0 Å². The lowest BCUT2D eigenvalue weighted by atomic mass is 9.96. The SMILES string of the molecule is CN(C)CCN(C)CC1COCCC1N. The van der Waals surface area contributed by atoms with Crippen LogP contribution in [0.2, 0.25) is 0 Å². The van der Waals surface area contributed by atoms with Crippen LogP contribution >= 0.6 is 0 Å². The molecule has 1 aliphatic rings. The summed E-state index contributed by atoms with van der Waals surface area (Å²) >= 11 is 0. The van der Waals surface area contributed by atoms with Crippen LogP contribution in [0, 0.1) is 5.92 Å². The van der Waals surface area contributed by atoms with Crippen LogP contribution in [0.3, 0.4) is 0 Å². The Balaban J connectivity index is 2.20. The zero-order valence-electron chi connectivity index (χ0n) is 10.3. The molecule has 0 aromatic carbocycles. The number of likely N-dealkylation sites (N-methyl/N-ethyl adjacent to an activating group) is 2. The molecular formula is C11H25N3O. The molecule has 1 saturated heterocycles. The Hall–Kier alpha value is -0.160. The highest BCUT2D eigenvalue weighted by Crippen LogP contribution is 2.13. The molecule has 2 atom stereocenters. The summed E-state index contributed by atoms with van der Waals surface area (Å²) in [6.45, 7) is 4.90. The zero-order valence-corrected chi connectivity index (χ0v) is 10.3. The van der Waals surface area contributed by atoms with Crippen LogP contribution in [0.4, 0.5) is 0 Å². The Kier molecular flexibility index (Phi) is 5.53. The molecule has 4 nitrogen and oxygen atoms in total. The largest absolute Gasteiger partial charge is 0.381 e. The standard InChI is InChI=1S/C11H25N3O/c1-13(2)5-6-14(3)8-10-9-15-7-4-11(10)12/h10-11H,4-9,12H2,1-3H3. The molecule has 0 radical (unpaired) electrons.